The zero-order valence-corrected chi connectivity index (χ0v) is 15.7. The predicted molar refractivity (Wildman–Crippen MR) is 94.1 cm³/mol. The lowest BCUT2D eigenvalue weighted by Crippen LogP contribution is -2.62. The van der Waals surface area contributed by atoms with Gasteiger partial charge >= 0.3 is 0 Å². The lowest BCUT2D eigenvalue weighted by molar-refractivity contribution is -0.172. The molecule has 0 aliphatic heterocycles. The average molecular weight is 360 g/mol. The van der Waals surface area contributed by atoms with E-state index in [-0.39, 0.29) is 35.1 Å². The number of carbonyl (C=O) groups is 3. The summed E-state index contributed by atoms with van der Waals surface area (Å²) in [4.78, 5) is 37.1. The van der Waals surface area contributed by atoms with Gasteiger partial charge in [-0.1, -0.05) is 13.8 Å². The van der Waals surface area contributed by atoms with Gasteiger partial charge in [-0.05, 0) is 68.3 Å². The largest absolute Gasteiger partial charge is 0.385 e. The fourth-order valence-corrected chi connectivity index (χ4v) is 6.96. The van der Waals surface area contributed by atoms with Crippen LogP contribution in [-0.2, 0) is 14.4 Å². The van der Waals surface area contributed by atoms with E-state index in [1.807, 2.05) is 6.92 Å². The highest BCUT2D eigenvalue weighted by Crippen LogP contribution is 2.67. The van der Waals surface area contributed by atoms with E-state index in [1.165, 1.54) is 13.0 Å². The van der Waals surface area contributed by atoms with Crippen LogP contribution in [0.15, 0.2) is 11.6 Å². The molecule has 0 aromatic carbocycles. The SMILES string of the molecule is CC(=O)[C@@]1(O)CC[C@H]2[C@@H]3C(O)C(=O)C4=CC(=O)CC[C@]4(C)[C@H]3CC[C@@]21C. The lowest BCUT2D eigenvalue weighted by atomic mass is 9.45. The quantitative estimate of drug-likeness (QED) is 0.746. The third-order valence-corrected chi connectivity index (χ3v) is 8.60. The number of hydrogen-bond donors (Lipinski definition) is 2. The summed E-state index contributed by atoms with van der Waals surface area (Å²) in [6.45, 7) is 5.45. The van der Waals surface area contributed by atoms with Gasteiger partial charge in [0.2, 0.25) is 0 Å². The molecule has 0 amide bonds. The van der Waals surface area contributed by atoms with Gasteiger partial charge in [0.25, 0.3) is 0 Å². The van der Waals surface area contributed by atoms with Gasteiger partial charge in [-0.25, -0.2) is 0 Å². The molecule has 3 saturated carbocycles. The van der Waals surface area contributed by atoms with Gasteiger partial charge in [0.05, 0.1) is 0 Å². The van der Waals surface area contributed by atoms with Crippen LogP contribution >= 0.6 is 0 Å². The maximum absolute atomic E-state index is 13.0. The maximum Gasteiger partial charge on any atom is 0.188 e. The van der Waals surface area contributed by atoms with Crippen molar-refractivity contribution in [3.8, 4) is 0 Å². The van der Waals surface area contributed by atoms with E-state index < -0.39 is 22.5 Å². The first-order valence-corrected chi connectivity index (χ1v) is 9.77. The Kier molecular flexibility index (Phi) is 3.72. The predicted octanol–water partition coefficient (Wildman–Crippen LogP) is 1.99. The van der Waals surface area contributed by atoms with Crippen LogP contribution < -0.4 is 0 Å². The molecule has 26 heavy (non-hydrogen) atoms. The molecular formula is C21H28O5. The Morgan fingerprint density at radius 2 is 1.77 bits per heavy atom. The van der Waals surface area contributed by atoms with Gasteiger partial charge in [0, 0.05) is 17.4 Å². The Bertz CT molecular complexity index is 739. The summed E-state index contributed by atoms with van der Waals surface area (Å²) in [5.74, 6) is -0.807. The molecule has 2 N–H and O–H groups in total. The van der Waals surface area contributed by atoms with Crippen molar-refractivity contribution in [2.75, 3.05) is 0 Å². The van der Waals surface area contributed by atoms with Crippen LogP contribution in [0.3, 0.4) is 0 Å². The van der Waals surface area contributed by atoms with E-state index in [2.05, 4.69) is 6.92 Å². The van der Waals surface area contributed by atoms with Crippen molar-refractivity contribution < 1.29 is 24.6 Å². The van der Waals surface area contributed by atoms with E-state index in [0.29, 0.717) is 37.7 Å². The number of hydrogen-bond acceptors (Lipinski definition) is 5. The van der Waals surface area contributed by atoms with E-state index in [1.54, 1.807) is 0 Å². The second-order valence-electron chi connectivity index (χ2n) is 9.45. The Labute approximate surface area is 153 Å². The molecule has 5 nitrogen and oxygen atoms in total. The van der Waals surface area contributed by atoms with E-state index in [9.17, 15) is 24.6 Å². The van der Waals surface area contributed by atoms with Crippen LogP contribution in [0, 0.1) is 28.6 Å². The number of ketones is 3. The summed E-state index contributed by atoms with van der Waals surface area (Å²) in [6.07, 6.45) is 3.87. The molecule has 4 rings (SSSR count). The number of aliphatic hydroxyl groups is 2. The fraction of sp³-hybridized carbons (Fsp3) is 0.762. The summed E-state index contributed by atoms with van der Waals surface area (Å²) < 4.78 is 0. The van der Waals surface area contributed by atoms with Crippen molar-refractivity contribution in [2.24, 2.45) is 28.6 Å². The minimum Gasteiger partial charge on any atom is -0.385 e. The van der Waals surface area contributed by atoms with Gasteiger partial charge in [0.1, 0.15) is 11.7 Å². The van der Waals surface area contributed by atoms with Gasteiger partial charge in [-0.3, -0.25) is 14.4 Å². The van der Waals surface area contributed by atoms with Crippen molar-refractivity contribution >= 4 is 17.3 Å². The molecule has 0 spiro atoms. The smallest absolute Gasteiger partial charge is 0.188 e. The minimum atomic E-state index is -1.37. The van der Waals surface area contributed by atoms with E-state index in [0.717, 1.165) is 6.42 Å². The average Bonchev–Trinajstić information content (AvgIpc) is 2.87. The molecule has 0 aromatic heterocycles. The van der Waals surface area contributed by atoms with Gasteiger partial charge in [-0.2, -0.15) is 0 Å². The first-order valence-electron chi connectivity index (χ1n) is 9.77. The molecule has 5 heteroatoms. The summed E-state index contributed by atoms with van der Waals surface area (Å²) in [6, 6.07) is 0. The molecule has 1 unspecified atom stereocenters. The van der Waals surface area contributed by atoms with Gasteiger partial charge < -0.3 is 10.2 Å². The zero-order chi connectivity index (χ0) is 19.1. The topological polar surface area (TPSA) is 91.7 Å². The fourth-order valence-electron chi connectivity index (χ4n) is 6.96. The van der Waals surface area contributed by atoms with Crippen LogP contribution in [0.1, 0.15) is 59.3 Å². The van der Waals surface area contributed by atoms with Crippen LogP contribution in [0.2, 0.25) is 0 Å². The molecule has 7 atom stereocenters. The summed E-state index contributed by atoms with van der Waals surface area (Å²) in [5.41, 5.74) is -1.88. The minimum absolute atomic E-state index is 0.0380. The summed E-state index contributed by atoms with van der Waals surface area (Å²) in [7, 11) is 0. The molecule has 4 aliphatic carbocycles. The highest BCUT2D eigenvalue weighted by molar-refractivity contribution is 6.07. The number of aliphatic hydroxyl groups excluding tert-OH is 1. The summed E-state index contributed by atoms with van der Waals surface area (Å²) in [5, 5.41) is 22.0. The van der Waals surface area contributed by atoms with Gasteiger partial charge in [-0.15, -0.1) is 0 Å². The Morgan fingerprint density at radius 3 is 2.42 bits per heavy atom. The third-order valence-electron chi connectivity index (χ3n) is 8.60. The zero-order valence-electron chi connectivity index (χ0n) is 15.7. The van der Waals surface area contributed by atoms with Crippen LogP contribution in [-0.4, -0.2) is 39.3 Å². The van der Waals surface area contributed by atoms with Crippen LogP contribution in [0.25, 0.3) is 0 Å². The third kappa shape index (κ3) is 1.96. The number of carbonyl (C=O) groups excluding carboxylic acids is 3. The van der Waals surface area contributed by atoms with Crippen LogP contribution in [0.5, 0.6) is 0 Å². The molecule has 0 aromatic rings. The molecule has 4 aliphatic rings. The van der Waals surface area contributed by atoms with Gasteiger partial charge in [0.15, 0.2) is 17.3 Å². The van der Waals surface area contributed by atoms with E-state index in [4.69, 9.17) is 0 Å². The van der Waals surface area contributed by atoms with Crippen molar-refractivity contribution in [1.29, 1.82) is 0 Å². The molecular weight excluding hydrogens is 332 g/mol. The molecule has 0 heterocycles. The van der Waals surface area contributed by atoms with Crippen molar-refractivity contribution in [3.05, 3.63) is 11.6 Å². The van der Waals surface area contributed by atoms with Crippen LogP contribution in [0.4, 0.5) is 0 Å². The molecule has 142 valence electrons. The first kappa shape index (κ1) is 18.1. The standard InChI is InChI=1S/C21H28O5/c1-11(22)21(26)9-6-14-16-13(5-8-20(14,21)3)19(2)7-4-12(23)10-15(19)17(24)18(16)25/h10,13-14,16,18,25-26H,4-9H2,1-3H3/t13-,14-,16+,18?,19+,20-,21-/m0/s1. The Hall–Kier alpha value is -1.33. The normalized spacial score (nSPS) is 50.6. The number of fused-ring (bicyclic) bond motifs is 5. The maximum atomic E-state index is 13.0. The second kappa shape index (κ2) is 5.35. The molecule has 3 fully saturated rings. The Morgan fingerprint density at radius 1 is 1.12 bits per heavy atom. The van der Waals surface area contributed by atoms with Crippen molar-refractivity contribution in [1.82, 2.24) is 0 Å². The molecule has 0 bridgehead atoms. The highest BCUT2D eigenvalue weighted by atomic mass is 16.3. The monoisotopic (exact) mass is 360 g/mol. The van der Waals surface area contributed by atoms with Crippen molar-refractivity contribution in [3.63, 3.8) is 0 Å². The Balaban J connectivity index is 1.80. The van der Waals surface area contributed by atoms with E-state index >= 15 is 0 Å². The summed E-state index contributed by atoms with van der Waals surface area (Å²) >= 11 is 0. The lowest BCUT2D eigenvalue weighted by Gasteiger charge is -2.59. The number of rotatable bonds is 1. The number of Topliss-reactive ketones (excluding diaryl/α,β-unsaturated/α-hetero) is 2. The second-order valence-corrected chi connectivity index (χ2v) is 9.45. The molecule has 0 radical (unpaired) electrons. The molecule has 0 saturated heterocycles. The highest BCUT2D eigenvalue weighted by Gasteiger charge is 2.68. The first-order chi connectivity index (χ1) is 12.1. The van der Waals surface area contributed by atoms with Crippen molar-refractivity contribution in [2.45, 2.75) is 71.0 Å².